The highest BCUT2D eigenvalue weighted by Crippen LogP contribution is 2.19. The molecule has 1 aromatic carbocycles. The molecule has 0 unspecified atom stereocenters. The molecule has 1 aromatic heterocycles. The first-order valence-electron chi connectivity index (χ1n) is 6.66. The molecule has 1 heterocycles. The number of nitrogens with zero attached hydrogens (tertiary/aromatic N) is 2. The predicted octanol–water partition coefficient (Wildman–Crippen LogP) is 3.50. The largest absolute Gasteiger partial charge is 0.313 e. The third-order valence-corrected chi connectivity index (χ3v) is 3.71. The van der Waals surface area contributed by atoms with E-state index in [0.29, 0.717) is 0 Å². The molecular weight excluding hydrogens is 302 g/mol. The molecule has 19 heavy (non-hydrogen) atoms. The van der Waals surface area contributed by atoms with Gasteiger partial charge in [-0.15, -0.1) is 0 Å². The van der Waals surface area contributed by atoms with Crippen LogP contribution >= 0.6 is 15.9 Å². The summed E-state index contributed by atoms with van der Waals surface area (Å²) in [6.45, 7) is 7.02. The van der Waals surface area contributed by atoms with E-state index in [1.807, 2.05) is 10.9 Å². The second-order valence-electron chi connectivity index (χ2n) is 4.82. The number of rotatable bonds is 6. The minimum absolute atomic E-state index is 0.803. The highest BCUT2D eigenvalue weighted by molar-refractivity contribution is 9.10. The highest BCUT2D eigenvalue weighted by atomic mass is 79.9. The van der Waals surface area contributed by atoms with Gasteiger partial charge in [0.1, 0.15) is 0 Å². The van der Waals surface area contributed by atoms with E-state index in [1.165, 1.54) is 16.7 Å². The van der Waals surface area contributed by atoms with Crippen LogP contribution in [0.5, 0.6) is 0 Å². The molecule has 0 spiro atoms. The first-order chi connectivity index (χ1) is 9.19. The van der Waals surface area contributed by atoms with Crippen molar-refractivity contribution in [2.45, 2.75) is 33.4 Å². The predicted molar refractivity (Wildman–Crippen MR) is 82.2 cm³/mol. The maximum Gasteiger partial charge on any atom is 0.0670 e. The Balaban J connectivity index is 2.02. The summed E-state index contributed by atoms with van der Waals surface area (Å²) >= 11 is 3.65. The van der Waals surface area contributed by atoms with E-state index in [1.54, 1.807) is 0 Å². The normalized spacial score (nSPS) is 10.9. The summed E-state index contributed by atoms with van der Waals surface area (Å²) in [7, 11) is 0. The molecule has 0 bridgehead atoms. The molecule has 3 nitrogen and oxygen atoms in total. The Hall–Kier alpha value is -1.13. The lowest BCUT2D eigenvalue weighted by atomic mass is 10.1. The first kappa shape index (κ1) is 14.3. The molecule has 0 amide bonds. The fourth-order valence-electron chi connectivity index (χ4n) is 1.97. The monoisotopic (exact) mass is 321 g/mol. The highest BCUT2D eigenvalue weighted by Gasteiger charge is 2.03. The summed E-state index contributed by atoms with van der Waals surface area (Å²) in [5.74, 6) is 0. The summed E-state index contributed by atoms with van der Waals surface area (Å²) in [6.07, 6.45) is 5.11. The van der Waals surface area contributed by atoms with Crippen LogP contribution in [0.4, 0.5) is 0 Å². The zero-order chi connectivity index (χ0) is 13.7. The molecule has 0 fully saturated rings. The van der Waals surface area contributed by atoms with E-state index in [4.69, 9.17) is 0 Å². The van der Waals surface area contributed by atoms with E-state index in [2.05, 4.69) is 64.6 Å². The Labute approximate surface area is 123 Å². The summed E-state index contributed by atoms with van der Waals surface area (Å²) in [5.41, 5.74) is 3.75. The molecule has 1 N–H and O–H groups in total. The number of hydrogen-bond acceptors (Lipinski definition) is 2. The Bertz CT molecular complexity index is 534. The number of aromatic nitrogens is 2. The van der Waals surface area contributed by atoms with Crippen LogP contribution in [0.2, 0.25) is 0 Å². The number of halogens is 1. The Morgan fingerprint density at radius 1 is 1.37 bits per heavy atom. The van der Waals surface area contributed by atoms with Crippen molar-refractivity contribution in [3.05, 3.63) is 51.8 Å². The lowest BCUT2D eigenvalue weighted by Crippen LogP contribution is -2.13. The second-order valence-corrected chi connectivity index (χ2v) is 5.67. The van der Waals surface area contributed by atoms with Crippen LogP contribution in [0.25, 0.3) is 0 Å². The maximum atomic E-state index is 4.32. The van der Waals surface area contributed by atoms with E-state index in [-0.39, 0.29) is 0 Å². The van der Waals surface area contributed by atoms with Gasteiger partial charge >= 0.3 is 0 Å². The van der Waals surface area contributed by atoms with Crippen molar-refractivity contribution in [2.75, 3.05) is 6.54 Å². The summed E-state index contributed by atoms with van der Waals surface area (Å²) in [4.78, 5) is 0. The van der Waals surface area contributed by atoms with Gasteiger partial charge in [0.15, 0.2) is 0 Å². The zero-order valence-electron chi connectivity index (χ0n) is 11.5. The quantitative estimate of drug-likeness (QED) is 0.825. The fraction of sp³-hybridized carbons (Fsp3) is 0.400. The number of benzene rings is 1. The second kappa shape index (κ2) is 6.87. The van der Waals surface area contributed by atoms with Crippen LogP contribution in [0.15, 0.2) is 35.1 Å². The number of hydrogen-bond donors (Lipinski definition) is 1. The van der Waals surface area contributed by atoms with Gasteiger partial charge < -0.3 is 5.32 Å². The van der Waals surface area contributed by atoms with Gasteiger partial charge in [0.25, 0.3) is 0 Å². The Morgan fingerprint density at radius 3 is 2.84 bits per heavy atom. The molecule has 4 heteroatoms. The van der Waals surface area contributed by atoms with E-state index < -0.39 is 0 Å². The van der Waals surface area contributed by atoms with Gasteiger partial charge in [-0.2, -0.15) is 5.10 Å². The summed E-state index contributed by atoms with van der Waals surface area (Å²) < 4.78 is 3.11. The van der Waals surface area contributed by atoms with Crippen LogP contribution in [-0.2, 0) is 13.1 Å². The van der Waals surface area contributed by atoms with Gasteiger partial charge in [-0.05, 0) is 42.6 Å². The van der Waals surface area contributed by atoms with Crippen molar-refractivity contribution in [1.82, 2.24) is 15.1 Å². The minimum Gasteiger partial charge on any atom is -0.313 e. The van der Waals surface area contributed by atoms with Crippen molar-refractivity contribution in [2.24, 2.45) is 0 Å². The molecule has 0 atom stereocenters. The van der Waals surface area contributed by atoms with E-state index in [0.717, 1.165) is 30.5 Å². The first-order valence-corrected chi connectivity index (χ1v) is 7.45. The molecule has 0 radical (unpaired) electrons. The molecular formula is C15H20BrN3. The smallest absolute Gasteiger partial charge is 0.0670 e. The fourth-order valence-corrected chi connectivity index (χ4v) is 2.52. The third kappa shape index (κ3) is 4.18. The van der Waals surface area contributed by atoms with Gasteiger partial charge in [-0.1, -0.05) is 35.0 Å². The molecule has 0 aliphatic heterocycles. The third-order valence-electron chi connectivity index (χ3n) is 2.97. The standard InChI is InChI=1S/C15H20BrN3/c1-3-6-17-9-13-4-5-14(15(16)7-13)11-19-10-12(2)8-18-19/h4-5,7-8,10,17H,3,6,9,11H2,1-2H3. The van der Waals surface area contributed by atoms with Gasteiger partial charge in [-0.25, -0.2) is 0 Å². The zero-order valence-corrected chi connectivity index (χ0v) is 13.1. The summed E-state index contributed by atoms with van der Waals surface area (Å²) in [5, 5.41) is 7.73. The number of nitrogens with one attached hydrogen (secondary N) is 1. The van der Waals surface area contributed by atoms with Gasteiger partial charge in [0.05, 0.1) is 12.7 Å². The minimum atomic E-state index is 0.803. The topological polar surface area (TPSA) is 29.9 Å². The molecule has 0 aliphatic carbocycles. The van der Waals surface area contributed by atoms with Crippen molar-refractivity contribution < 1.29 is 0 Å². The lowest BCUT2D eigenvalue weighted by molar-refractivity contribution is 0.671. The molecule has 0 saturated heterocycles. The Kier molecular flexibility index (Phi) is 5.16. The molecule has 0 aliphatic rings. The lowest BCUT2D eigenvalue weighted by Gasteiger charge is -2.08. The molecule has 102 valence electrons. The van der Waals surface area contributed by atoms with Crippen molar-refractivity contribution in [1.29, 1.82) is 0 Å². The van der Waals surface area contributed by atoms with Crippen LogP contribution in [0.1, 0.15) is 30.0 Å². The van der Waals surface area contributed by atoms with Gasteiger partial charge in [0.2, 0.25) is 0 Å². The average Bonchev–Trinajstić information content (AvgIpc) is 2.79. The van der Waals surface area contributed by atoms with Crippen LogP contribution in [0.3, 0.4) is 0 Å². The van der Waals surface area contributed by atoms with E-state index >= 15 is 0 Å². The Morgan fingerprint density at radius 2 is 2.21 bits per heavy atom. The maximum absolute atomic E-state index is 4.32. The summed E-state index contributed by atoms with van der Waals surface area (Å²) in [6, 6.07) is 6.54. The molecule has 2 aromatic rings. The van der Waals surface area contributed by atoms with Crippen molar-refractivity contribution >= 4 is 15.9 Å². The molecule has 0 saturated carbocycles. The van der Waals surface area contributed by atoms with Crippen LogP contribution in [0, 0.1) is 6.92 Å². The van der Waals surface area contributed by atoms with Gasteiger partial charge in [-0.3, -0.25) is 4.68 Å². The van der Waals surface area contributed by atoms with Crippen molar-refractivity contribution in [3.63, 3.8) is 0 Å². The SMILES string of the molecule is CCCNCc1ccc(Cn2cc(C)cn2)c(Br)c1. The van der Waals surface area contributed by atoms with Gasteiger partial charge in [0, 0.05) is 17.2 Å². The molecule has 2 rings (SSSR count). The van der Waals surface area contributed by atoms with Crippen LogP contribution in [-0.4, -0.2) is 16.3 Å². The van der Waals surface area contributed by atoms with Crippen molar-refractivity contribution in [3.8, 4) is 0 Å². The van der Waals surface area contributed by atoms with E-state index in [9.17, 15) is 0 Å². The number of aryl methyl sites for hydroxylation is 1. The average molecular weight is 322 g/mol. The van der Waals surface area contributed by atoms with Crippen LogP contribution < -0.4 is 5.32 Å².